The molecule has 78 valence electrons. The van der Waals surface area contributed by atoms with Gasteiger partial charge in [-0.25, -0.2) is 0 Å². The first-order valence-electron chi connectivity index (χ1n) is 5.17. The molecule has 0 heterocycles. The number of aryl methyl sites for hydroxylation is 1. The third-order valence-corrected chi connectivity index (χ3v) is 2.20. The van der Waals surface area contributed by atoms with E-state index >= 15 is 0 Å². The molecule has 1 aromatic carbocycles. The van der Waals surface area contributed by atoms with E-state index in [1.807, 2.05) is 6.92 Å². The van der Waals surface area contributed by atoms with Gasteiger partial charge in [-0.2, -0.15) is 0 Å². The molecule has 0 radical (unpaired) electrons. The molecule has 0 amide bonds. The van der Waals surface area contributed by atoms with Crippen LogP contribution < -0.4 is 5.32 Å². The minimum atomic E-state index is 0.794. The van der Waals surface area contributed by atoms with Gasteiger partial charge in [-0.1, -0.05) is 24.3 Å². The minimum Gasteiger partial charge on any atom is -0.380 e. The number of hydrogen-bond acceptors (Lipinski definition) is 2. The van der Waals surface area contributed by atoms with Crippen LogP contribution in [0.1, 0.15) is 18.1 Å². The Labute approximate surface area is 86.3 Å². The van der Waals surface area contributed by atoms with Crippen LogP contribution in [0, 0.1) is 6.92 Å². The molecule has 1 aromatic rings. The van der Waals surface area contributed by atoms with Crippen LogP contribution in [0.25, 0.3) is 0 Å². The summed E-state index contributed by atoms with van der Waals surface area (Å²) in [5.41, 5.74) is 2.71. The highest BCUT2D eigenvalue weighted by Crippen LogP contribution is 2.05. The zero-order valence-electron chi connectivity index (χ0n) is 9.05. The molecule has 0 fully saturated rings. The highest BCUT2D eigenvalue weighted by molar-refractivity contribution is 5.25. The van der Waals surface area contributed by atoms with Gasteiger partial charge < -0.3 is 10.1 Å². The highest BCUT2D eigenvalue weighted by Gasteiger charge is 1.95. The van der Waals surface area contributed by atoms with E-state index in [1.54, 1.807) is 0 Å². The van der Waals surface area contributed by atoms with Crippen molar-refractivity contribution in [3.05, 3.63) is 35.4 Å². The Balaban J connectivity index is 2.21. The Hall–Kier alpha value is -0.860. The summed E-state index contributed by atoms with van der Waals surface area (Å²) in [4.78, 5) is 0. The van der Waals surface area contributed by atoms with Gasteiger partial charge in [0.2, 0.25) is 0 Å². The molecule has 0 saturated heterocycles. The van der Waals surface area contributed by atoms with Crippen molar-refractivity contribution in [2.24, 2.45) is 0 Å². The zero-order chi connectivity index (χ0) is 10.2. The fourth-order valence-electron chi connectivity index (χ4n) is 1.32. The standard InChI is InChI=1S/C12H19NO/c1-3-14-9-8-13-10-12-7-5-4-6-11(12)2/h4-7,13H,3,8-10H2,1-2H3. The first-order valence-corrected chi connectivity index (χ1v) is 5.17. The number of hydrogen-bond donors (Lipinski definition) is 1. The molecule has 0 unspecified atom stereocenters. The second-order valence-electron chi connectivity index (χ2n) is 3.30. The lowest BCUT2D eigenvalue weighted by atomic mass is 10.1. The lowest BCUT2D eigenvalue weighted by Crippen LogP contribution is -2.19. The van der Waals surface area contributed by atoms with E-state index < -0.39 is 0 Å². The van der Waals surface area contributed by atoms with Crippen LogP contribution in [0.15, 0.2) is 24.3 Å². The second kappa shape index (κ2) is 6.57. The lowest BCUT2D eigenvalue weighted by Gasteiger charge is -2.07. The number of nitrogens with one attached hydrogen (secondary N) is 1. The van der Waals surface area contributed by atoms with Gasteiger partial charge in [0.1, 0.15) is 0 Å². The molecule has 0 spiro atoms. The minimum absolute atomic E-state index is 0.794. The number of ether oxygens (including phenoxy) is 1. The smallest absolute Gasteiger partial charge is 0.0590 e. The monoisotopic (exact) mass is 193 g/mol. The van der Waals surface area contributed by atoms with Crippen LogP contribution in [0.2, 0.25) is 0 Å². The van der Waals surface area contributed by atoms with Gasteiger partial charge in [0.05, 0.1) is 6.61 Å². The van der Waals surface area contributed by atoms with Crippen molar-refractivity contribution in [2.75, 3.05) is 19.8 Å². The molecular formula is C12H19NO. The average molecular weight is 193 g/mol. The summed E-state index contributed by atoms with van der Waals surface area (Å²) in [6.07, 6.45) is 0. The van der Waals surface area contributed by atoms with E-state index in [1.165, 1.54) is 11.1 Å². The summed E-state index contributed by atoms with van der Waals surface area (Å²) in [5.74, 6) is 0. The molecule has 0 aliphatic heterocycles. The predicted octanol–water partition coefficient (Wildman–Crippen LogP) is 2.12. The fourth-order valence-corrected chi connectivity index (χ4v) is 1.32. The van der Waals surface area contributed by atoms with Crippen molar-refractivity contribution >= 4 is 0 Å². The van der Waals surface area contributed by atoms with E-state index in [9.17, 15) is 0 Å². The Morgan fingerprint density at radius 2 is 2.07 bits per heavy atom. The van der Waals surface area contributed by atoms with Crippen LogP contribution in [0.4, 0.5) is 0 Å². The fraction of sp³-hybridized carbons (Fsp3) is 0.500. The van der Waals surface area contributed by atoms with Gasteiger partial charge in [-0.15, -0.1) is 0 Å². The molecule has 0 aliphatic carbocycles. The number of benzene rings is 1. The summed E-state index contributed by atoms with van der Waals surface area (Å²) >= 11 is 0. The maximum atomic E-state index is 5.24. The quantitative estimate of drug-likeness (QED) is 0.699. The molecule has 14 heavy (non-hydrogen) atoms. The maximum Gasteiger partial charge on any atom is 0.0590 e. The zero-order valence-corrected chi connectivity index (χ0v) is 9.05. The topological polar surface area (TPSA) is 21.3 Å². The molecule has 0 atom stereocenters. The molecule has 0 bridgehead atoms. The van der Waals surface area contributed by atoms with Crippen molar-refractivity contribution in [3.8, 4) is 0 Å². The van der Waals surface area contributed by atoms with E-state index in [4.69, 9.17) is 4.74 Å². The van der Waals surface area contributed by atoms with Crippen molar-refractivity contribution in [1.29, 1.82) is 0 Å². The van der Waals surface area contributed by atoms with Crippen molar-refractivity contribution in [2.45, 2.75) is 20.4 Å². The third-order valence-electron chi connectivity index (χ3n) is 2.20. The van der Waals surface area contributed by atoms with Gasteiger partial charge in [-0.3, -0.25) is 0 Å². The van der Waals surface area contributed by atoms with Gasteiger partial charge >= 0.3 is 0 Å². The van der Waals surface area contributed by atoms with Crippen LogP contribution in [-0.2, 0) is 11.3 Å². The van der Waals surface area contributed by atoms with E-state index in [0.717, 1.165) is 26.3 Å². The summed E-state index contributed by atoms with van der Waals surface area (Å²) < 4.78 is 5.24. The normalized spacial score (nSPS) is 10.4. The average Bonchev–Trinajstić information content (AvgIpc) is 2.20. The first-order chi connectivity index (χ1) is 6.84. The predicted molar refractivity (Wildman–Crippen MR) is 59.4 cm³/mol. The van der Waals surface area contributed by atoms with Gasteiger partial charge in [0, 0.05) is 19.7 Å². The Morgan fingerprint density at radius 3 is 2.79 bits per heavy atom. The summed E-state index contributed by atoms with van der Waals surface area (Å²) in [6.45, 7) is 7.59. The van der Waals surface area contributed by atoms with E-state index in [0.29, 0.717) is 0 Å². The van der Waals surface area contributed by atoms with Gasteiger partial charge in [-0.05, 0) is 25.0 Å². The van der Waals surface area contributed by atoms with Crippen molar-refractivity contribution in [3.63, 3.8) is 0 Å². The molecule has 0 aromatic heterocycles. The largest absolute Gasteiger partial charge is 0.380 e. The molecule has 0 saturated carbocycles. The van der Waals surface area contributed by atoms with Crippen LogP contribution >= 0.6 is 0 Å². The van der Waals surface area contributed by atoms with Gasteiger partial charge in [0.25, 0.3) is 0 Å². The Bertz CT molecular complexity index is 260. The molecule has 0 aliphatic rings. The highest BCUT2D eigenvalue weighted by atomic mass is 16.5. The van der Waals surface area contributed by atoms with E-state index in [-0.39, 0.29) is 0 Å². The lowest BCUT2D eigenvalue weighted by molar-refractivity contribution is 0.149. The van der Waals surface area contributed by atoms with Crippen molar-refractivity contribution < 1.29 is 4.74 Å². The molecule has 1 N–H and O–H groups in total. The Kier molecular flexibility index (Phi) is 5.27. The summed E-state index contributed by atoms with van der Waals surface area (Å²) in [7, 11) is 0. The molecule has 2 nitrogen and oxygen atoms in total. The van der Waals surface area contributed by atoms with Gasteiger partial charge in [0.15, 0.2) is 0 Å². The van der Waals surface area contributed by atoms with Crippen LogP contribution in [0.3, 0.4) is 0 Å². The van der Waals surface area contributed by atoms with Crippen molar-refractivity contribution in [1.82, 2.24) is 5.32 Å². The second-order valence-corrected chi connectivity index (χ2v) is 3.30. The van der Waals surface area contributed by atoms with Crippen LogP contribution in [0.5, 0.6) is 0 Å². The summed E-state index contributed by atoms with van der Waals surface area (Å²) in [6, 6.07) is 8.44. The van der Waals surface area contributed by atoms with E-state index in [2.05, 4.69) is 36.5 Å². The molecule has 1 rings (SSSR count). The third kappa shape index (κ3) is 3.90. The molecule has 2 heteroatoms. The first kappa shape index (κ1) is 11.2. The molecular weight excluding hydrogens is 174 g/mol. The maximum absolute atomic E-state index is 5.24. The SMILES string of the molecule is CCOCCNCc1ccccc1C. The Morgan fingerprint density at radius 1 is 1.29 bits per heavy atom. The van der Waals surface area contributed by atoms with Crippen LogP contribution in [-0.4, -0.2) is 19.8 Å². The summed E-state index contributed by atoms with van der Waals surface area (Å²) in [5, 5.41) is 3.35. The number of rotatable bonds is 6.